The maximum atomic E-state index is 11.1. The molecular formula is C4H7N5O2S. The van der Waals surface area contributed by atoms with Gasteiger partial charge in [0.2, 0.25) is 5.96 Å². The molecule has 0 aliphatic rings. The minimum atomic E-state index is -3.87. The standard InChI is InChI=1S/C4H7N5O2S/c5-4(6)8-12(10,11)9-3-1-2-7-9/h1-3H,(H4,5,6,8). The van der Waals surface area contributed by atoms with Crippen molar-refractivity contribution >= 4 is 16.2 Å². The minimum Gasteiger partial charge on any atom is -0.369 e. The Bertz CT molecular complexity index is 374. The first-order valence-corrected chi connectivity index (χ1v) is 4.28. The van der Waals surface area contributed by atoms with Crippen LogP contribution in [0.1, 0.15) is 0 Å². The maximum Gasteiger partial charge on any atom is 0.366 e. The topological polar surface area (TPSA) is 116 Å². The van der Waals surface area contributed by atoms with Gasteiger partial charge >= 0.3 is 10.2 Å². The number of nitrogens with zero attached hydrogens (tertiary/aromatic N) is 3. The summed E-state index contributed by atoms with van der Waals surface area (Å²) in [4.78, 5) is 0. The van der Waals surface area contributed by atoms with Gasteiger partial charge in [0.15, 0.2) is 0 Å². The number of guanidine groups is 1. The predicted octanol–water partition coefficient (Wildman–Crippen LogP) is -1.75. The number of hydrogen-bond donors (Lipinski definition) is 2. The second-order valence-corrected chi connectivity index (χ2v) is 3.32. The SMILES string of the molecule is NC(N)=NS(=O)(=O)n1cccn1. The van der Waals surface area contributed by atoms with Gasteiger partial charge in [-0.15, -0.1) is 8.48 Å². The van der Waals surface area contributed by atoms with Gasteiger partial charge in [-0.05, 0) is 6.07 Å². The number of rotatable bonds is 2. The van der Waals surface area contributed by atoms with E-state index in [-0.39, 0.29) is 0 Å². The molecule has 1 heterocycles. The van der Waals surface area contributed by atoms with Crippen molar-refractivity contribution in [3.05, 3.63) is 18.5 Å². The van der Waals surface area contributed by atoms with Crippen LogP contribution in [-0.2, 0) is 10.2 Å². The molecule has 0 radical (unpaired) electrons. The van der Waals surface area contributed by atoms with Crippen LogP contribution in [0.15, 0.2) is 22.9 Å². The van der Waals surface area contributed by atoms with E-state index < -0.39 is 16.2 Å². The van der Waals surface area contributed by atoms with Crippen LogP contribution in [0.2, 0.25) is 0 Å². The van der Waals surface area contributed by atoms with Gasteiger partial charge in [0.05, 0.1) is 6.20 Å². The van der Waals surface area contributed by atoms with Crippen LogP contribution in [0.5, 0.6) is 0 Å². The van der Waals surface area contributed by atoms with Crippen LogP contribution in [0, 0.1) is 0 Å². The van der Waals surface area contributed by atoms with Crippen molar-refractivity contribution in [2.45, 2.75) is 0 Å². The first-order valence-electron chi connectivity index (χ1n) is 2.88. The molecule has 0 bridgehead atoms. The quantitative estimate of drug-likeness (QED) is 0.422. The lowest BCUT2D eigenvalue weighted by molar-refractivity contribution is 0.582. The summed E-state index contributed by atoms with van der Waals surface area (Å²) in [6, 6.07) is 1.44. The van der Waals surface area contributed by atoms with Crippen LogP contribution >= 0.6 is 0 Å². The Hall–Kier alpha value is -1.57. The summed E-state index contributed by atoms with van der Waals surface area (Å²) >= 11 is 0. The van der Waals surface area contributed by atoms with Crippen molar-refractivity contribution < 1.29 is 8.42 Å². The summed E-state index contributed by atoms with van der Waals surface area (Å²) in [5.41, 5.74) is 9.78. The van der Waals surface area contributed by atoms with Gasteiger partial charge in [-0.25, -0.2) is 0 Å². The van der Waals surface area contributed by atoms with E-state index in [9.17, 15) is 8.42 Å². The summed E-state index contributed by atoms with van der Waals surface area (Å²) in [5.74, 6) is -0.523. The zero-order valence-electron chi connectivity index (χ0n) is 5.95. The van der Waals surface area contributed by atoms with Gasteiger partial charge in [0, 0.05) is 6.20 Å². The highest BCUT2D eigenvalue weighted by molar-refractivity contribution is 7.88. The van der Waals surface area contributed by atoms with Crippen LogP contribution in [0.25, 0.3) is 0 Å². The zero-order chi connectivity index (χ0) is 9.19. The second-order valence-electron chi connectivity index (χ2n) is 1.87. The van der Waals surface area contributed by atoms with E-state index in [4.69, 9.17) is 11.5 Å². The van der Waals surface area contributed by atoms with Crippen molar-refractivity contribution in [1.29, 1.82) is 0 Å². The minimum absolute atomic E-state index is 0.523. The van der Waals surface area contributed by atoms with Crippen molar-refractivity contribution in [1.82, 2.24) is 9.19 Å². The molecule has 4 N–H and O–H groups in total. The molecule has 0 aliphatic carbocycles. The van der Waals surface area contributed by atoms with Crippen LogP contribution in [0.3, 0.4) is 0 Å². The normalized spacial score (nSPS) is 11.0. The fourth-order valence-corrected chi connectivity index (χ4v) is 1.31. The Balaban J connectivity index is 3.13. The molecule has 1 aromatic rings. The number of aromatic nitrogens is 2. The van der Waals surface area contributed by atoms with Gasteiger partial charge < -0.3 is 11.5 Å². The molecule has 0 amide bonds. The summed E-state index contributed by atoms with van der Waals surface area (Å²) in [6.07, 6.45) is 2.53. The smallest absolute Gasteiger partial charge is 0.366 e. The van der Waals surface area contributed by atoms with E-state index in [0.717, 1.165) is 0 Å². The van der Waals surface area contributed by atoms with E-state index in [1.54, 1.807) is 0 Å². The van der Waals surface area contributed by atoms with Crippen molar-refractivity contribution in [2.24, 2.45) is 15.9 Å². The van der Waals surface area contributed by atoms with Gasteiger partial charge in [-0.1, -0.05) is 0 Å². The van der Waals surface area contributed by atoms with Crippen molar-refractivity contribution in [2.75, 3.05) is 0 Å². The first kappa shape index (κ1) is 8.53. The molecule has 0 unspecified atom stereocenters. The lowest BCUT2D eigenvalue weighted by Crippen LogP contribution is -2.26. The van der Waals surface area contributed by atoms with E-state index in [1.807, 2.05) is 0 Å². The van der Waals surface area contributed by atoms with Crippen LogP contribution in [-0.4, -0.2) is 23.6 Å². The highest BCUT2D eigenvalue weighted by Crippen LogP contribution is 1.95. The molecule has 8 heteroatoms. The molecule has 66 valence electrons. The highest BCUT2D eigenvalue weighted by Gasteiger charge is 2.10. The lowest BCUT2D eigenvalue weighted by Gasteiger charge is -1.96. The Morgan fingerprint density at radius 2 is 2.17 bits per heavy atom. The monoisotopic (exact) mass is 189 g/mol. The molecule has 12 heavy (non-hydrogen) atoms. The van der Waals surface area contributed by atoms with E-state index >= 15 is 0 Å². The number of hydrogen-bond acceptors (Lipinski definition) is 3. The third-order valence-electron chi connectivity index (χ3n) is 0.937. The van der Waals surface area contributed by atoms with Gasteiger partial charge in [-0.3, -0.25) is 0 Å². The summed E-state index contributed by atoms with van der Waals surface area (Å²) in [5, 5.41) is 3.45. The van der Waals surface area contributed by atoms with Crippen LogP contribution in [0.4, 0.5) is 0 Å². The van der Waals surface area contributed by atoms with E-state index in [1.165, 1.54) is 18.5 Å². The summed E-state index contributed by atoms with van der Waals surface area (Å²) in [6.45, 7) is 0. The second kappa shape index (κ2) is 2.81. The zero-order valence-corrected chi connectivity index (χ0v) is 6.77. The molecule has 0 aliphatic heterocycles. The maximum absolute atomic E-state index is 11.1. The van der Waals surface area contributed by atoms with Crippen LogP contribution < -0.4 is 11.5 Å². The molecule has 0 spiro atoms. The molecule has 0 atom stereocenters. The molecule has 0 aromatic carbocycles. The molecule has 7 nitrogen and oxygen atoms in total. The Morgan fingerprint density at radius 1 is 1.50 bits per heavy atom. The average Bonchev–Trinajstić information content (AvgIpc) is 2.32. The first-order chi connectivity index (χ1) is 5.52. The fraction of sp³-hybridized carbons (Fsp3) is 0. The average molecular weight is 189 g/mol. The Morgan fingerprint density at radius 3 is 2.58 bits per heavy atom. The molecule has 0 saturated heterocycles. The number of nitrogens with two attached hydrogens (primary N) is 2. The molecule has 0 saturated carbocycles. The predicted molar refractivity (Wildman–Crippen MR) is 42.4 cm³/mol. The van der Waals surface area contributed by atoms with Gasteiger partial charge in [-0.2, -0.15) is 13.5 Å². The molecular weight excluding hydrogens is 182 g/mol. The third-order valence-corrected chi connectivity index (χ3v) is 2.07. The Labute approximate surface area is 68.9 Å². The fourth-order valence-electron chi connectivity index (χ4n) is 0.566. The molecule has 1 rings (SSSR count). The third kappa shape index (κ3) is 1.72. The highest BCUT2D eigenvalue weighted by atomic mass is 32.2. The van der Waals surface area contributed by atoms with E-state index in [0.29, 0.717) is 4.09 Å². The largest absolute Gasteiger partial charge is 0.369 e. The van der Waals surface area contributed by atoms with Gasteiger partial charge in [0.1, 0.15) is 0 Å². The van der Waals surface area contributed by atoms with Crippen molar-refractivity contribution in [3.63, 3.8) is 0 Å². The summed E-state index contributed by atoms with van der Waals surface area (Å²) < 4.78 is 25.8. The van der Waals surface area contributed by atoms with Crippen molar-refractivity contribution in [3.8, 4) is 0 Å². The van der Waals surface area contributed by atoms with Gasteiger partial charge in [0.25, 0.3) is 0 Å². The summed E-state index contributed by atoms with van der Waals surface area (Å²) in [7, 11) is -3.87. The van der Waals surface area contributed by atoms with E-state index in [2.05, 4.69) is 9.50 Å². The lowest BCUT2D eigenvalue weighted by atomic mass is 10.8. The Kier molecular flexibility index (Phi) is 2.00. The molecule has 1 aromatic heterocycles. The molecule has 0 fully saturated rings.